The van der Waals surface area contributed by atoms with Crippen LogP contribution in [0.4, 0.5) is 18.0 Å². The molecule has 1 heterocycles. The van der Waals surface area contributed by atoms with Gasteiger partial charge in [-0.15, -0.1) is 13.2 Å². The standard InChI is InChI=1S/C23H26F3NO3S/c1-4-5-6-7-15-8-11-18(21(12-15)30-23(24,25)26)20-13-16-9-10-17(14-19(16)29-20)31-22(28)27(2)3/h8-14,18,21H,4-7H2,1-3H3. The lowest BCUT2D eigenvalue weighted by molar-refractivity contribution is -0.337. The summed E-state index contributed by atoms with van der Waals surface area (Å²) in [5.74, 6) is -0.297. The van der Waals surface area contributed by atoms with Crippen molar-refractivity contribution >= 4 is 28.0 Å². The van der Waals surface area contributed by atoms with Gasteiger partial charge >= 0.3 is 6.36 Å². The maximum atomic E-state index is 13.1. The van der Waals surface area contributed by atoms with Crippen molar-refractivity contribution in [2.75, 3.05) is 14.1 Å². The number of unbranched alkanes of at least 4 members (excludes halogenated alkanes) is 2. The van der Waals surface area contributed by atoms with Gasteiger partial charge in [0.25, 0.3) is 5.24 Å². The van der Waals surface area contributed by atoms with E-state index in [2.05, 4.69) is 11.7 Å². The van der Waals surface area contributed by atoms with Gasteiger partial charge in [0.05, 0.1) is 12.0 Å². The van der Waals surface area contributed by atoms with Gasteiger partial charge in [-0.2, -0.15) is 0 Å². The van der Waals surface area contributed by atoms with E-state index in [0.29, 0.717) is 16.2 Å². The Morgan fingerprint density at radius 1 is 1.23 bits per heavy atom. The van der Waals surface area contributed by atoms with Crippen LogP contribution in [0.1, 0.15) is 44.3 Å². The summed E-state index contributed by atoms with van der Waals surface area (Å²) in [6.45, 7) is 2.08. The molecule has 1 amide bonds. The van der Waals surface area contributed by atoms with Gasteiger partial charge in [-0.05, 0) is 54.4 Å². The molecule has 31 heavy (non-hydrogen) atoms. The number of furan rings is 1. The van der Waals surface area contributed by atoms with E-state index < -0.39 is 18.4 Å². The normalized spacial score (nSPS) is 19.0. The number of benzene rings is 1. The molecule has 0 bridgehead atoms. The quantitative estimate of drug-likeness (QED) is 0.327. The molecule has 0 aliphatic heterocycles. The highest BCUT2D eigenvalue weighted by Crippen LogP contribution is 2.37. The van der Waals surface area contributed by atoms with Gasteiger partial charge in [0.2, 0.25) is 0 Å². The second-order valence-corrected chi connectivity index (χ2v) is 8.75. The number of amides is 1. The smallest absolute Gasteiger partial charge is 0.460 e. The van der Waals surface area contributed by atoms with Gasteiger partial charge in [-0.1, -0.05) is 38.0 Å². The Balaban J connectivity index is 1.84. The summed E-state index contributed by atoms with van der Waals surface area (Å²) < 4.78 is 49.5. The minimum Gasteiger partial charge on any atom is -0.460 e. The van der Waals surface area contributed by atoms with Gasteiger partial charge in [-0.25, -0.2) is 0 Å². The Labute approximate surface area is 184 Å². The van der Waals surface area contributed by atoms with Crippen LogP contribution in [0, 0.1) is 0 Å². The minimum absolute atomic E-state index is 0.124. The van der Waals surface area contributed by atoms with E-state index in [0.717, 1.165) is 48.4 Å². The number of nitrogens with zero attached hydrogens (tertiary/aromatic N) is 1. The third kappa shape index (κ3) is 6.40. The molecular formula is C23H26F3NO3S. The summed E-state index contributed by atoms with van der Waals surface area (Å²) in [6.07, 6.45) is 2.91. The van der Waals surface area contributed by atoms with Crippen LogP contribution < -0.4 is 0 Å². The maximum Gasteiger partial charge on any atom is 0.523 e. The van der Waals surface area contributed by atoms with E-state index in [1.54, 1.807) is 50.5 Å². The largest absolute Gasteiger partial charge is 0.523 e. The molecule has 0 saturated heterocycles. The fourth-order valence-electron chi connectivity index (χ4n) is 3.42. The highest BCUT2D eigenvalue weighted by molar-refractivity contribution is 8.13. The zero-order chi connectivity index (χ0) is 22.6. The van der Waals surface area contributed by atoms with Crippen LogP contribution in [0.15, 0.2) is 57.4 Å². The first-order valence-electron chi connectivity index (χ1n) is 10.2. The highest BCUT2D eigenvalue weighted by Gasteiger charge is 2.38. The second kappa shape index (κ2) is 9.96. The van der Waals surface area contributed by atoms with Crippen molar-refractivity contribution < 1.29 is 27.1 Å². The van der Waals surface area contributed by atoms with E-state index in [-0.39, 0.29) is 5.24 Å². The number of hydrogen-bond donors (Lipinski definition) is 0. The molecule has 1 aromatic carbocycles. The van der Waals surface area contributed by atoms with Crippen molar-refractivity contribution in [3.8, 4) is 0 Å². The number of carbonyl (C=O) groups excluding carboxylic acids is 1. The van der Waals surface area contributed by atoms with Crippen LogP contribution in [0.2, 0.25) is 0 Å². The Kier molecular flexibility index (Phi) is 7.54. The number of hydrogen-bond acceptors (Lipinski definition) is 4. The third-order valence-corrected chi connectivity index (χ3v) is 6.03. The fourth-order valence-corrected chi connectivity index (χ4v) is 4.11. The van der Waals surface area contributed by atoms with Crippen LogP contribution in [0.5, 0.6) is 0 Å². The second-order valence-electron chi connectivity index (χ2n) is 7.72. The van der Waals surface area contributed by atoms with Crippen LogP contribution in [0.3, 0.4) is 0 Å². The predicted molar refractivity (Wildman–Crippen MR) is 116 cm³/mol. The molecule has 3 rings (SSSR count). The first-order chi connectivity index (χ1) is 14.7. The van der Waals surface area contributed by atoms with Crippen molar-refractivity contribution in [3.05, 3.63) is 53.8 Å². The van der Waals surface area contributed by atoms with E-state index >= 15 is 0 Å². The topological polar surface area (TPSA) is 42.7 Å². The highest BCUT2D eigenvalue weighted by atomic mass is 32.2. The molecule has 8 heteroatoms. The number of ether oxygens (including phenoxy) is 1. The molecule has 1 aromatic heterocycles. The molecule has 0 saturated carbocycles. The number of carbonyl (C=O) groups is 1. The van der Waals surface area contributed by atoms with Crippen LogP contribution in [-0.2, 0) is 4.74 Å². The lowest BCUT2D eigenvalue weighted by atomic mass is 9.89. The summed E-state index contributed by atoms with van der Waals surface area (Å²) >= 11 is 1.06. The Bertz CT molecular complexity index is 978. The molecule has 4 nitrogen and oxygen atoms in total. The molecule has 0 N–H and O–H groups in total. The number of thioether (sulfide) groups is 1. The zero-order valence-corrected chi connectivity index (χ0v) is 18.6. The number of alkyl halides is 3. The third-order valence-electron chi connectivity index (χ3n) is 5.00. The van der Waals surface area contributed by atoms with Gasteiger partial charge in [0.1, 0.15) is 11.3 Å². The average Bonchev–Trinajstić information content (AvgIpc) is 3.10. The van der Waals surface area contributed by atoms with Gasteiger partial charge in [0, 0.05) is 24.4 Å². The maximum absolute atomic E-state index is 13.1. The molecule has 2 unspecified atom stereocenters. The van der Waals surface area contributed by atoms with Crippen LogP contribution >= 0.6 is 11.8 Å². The SMILES string of the molecule is CCCCCC1=CC(OC(F)(F)F)C(c2cc3ccc(SC(=O)N(C)C)cc3o2)C=C1. The molecule has 1 aliphatic carbocycles. The first kappa shape index (κ1) is 23.5. The predicted octanol–water partition coefficient (Wildman–Crippen LogP) is 7.27. The molecule has 0 radical (unpaired) electrons. The van der Waals surface area contributed by atoms with E-state index in [1.807, 2.05) is 6.08 Å². The Morgan fingerprint density at radius 2 is 2.00 bits per heavy atom. The molecule has 168 valence electrons. The number of rotatable bonds is 7. The lowest BCUT2D eigenvalue weighted by Crippen LogP contribution is -2.28. The van der Waals surface area contributed by atoms with Crippen molar-refractivity contribution in [2.45, 2.75) is 55.9 Å². The number of halogens is 3. The summed E-state index contributed by atoms with van der Waals surface area (Å²) in [7, 11) is 3.33. The summed E-state index contributed by atoms with van der Waals surface area (Å²) in [4.78, 5) is 14.1. The summed E-state index contributed by atoms with van der Waals surface area (Å²) in [5.41, 5.74) is 1.36. The molecule has 2 aromatic rings. The summed E-state index contributed by atoms with van der Waals surface area (Å²) in [6, 6.07) is 7.05. The van der Waals surface area contributed by atoms with Gasteiger partial charge in [-0.3, -0.25) is 9.53 Å². The lowest BCUT2D eigenvalue weighted by Gasteiger charge is -2.26. The van der Waals surface area contributed by atoms with Crippen LogP contribution in [0.25, 0.3) is 11.0 Å². The van der Waals surface area contributed by atoms with Crippen molar-refractivity contribution in [1.82, 2.24) is 4.90 Å². The first-order valence-corrected chi connectivity index (χ1v) is 11.0. The van der Waals surface area contributed by atoms with E-state index in [4.69, 9.17) is 4.42 Å². The fraction of sp³-hybridized carbons (Fsp3) is 0.435. The van der Waals surface area contributed by atoms with Crippen LogP contribution in [-0.4, -0.2) is 36.7 Å². The van der Waals surface area contributed by atoms with Gasteiger partial charge < -0.3 is 9.32 Å². The monoisotopic (exact) mass is 453 g/mol. The zero-order valence-electron chi connectivity index (χ0n) is 17.7. The molecular weight excluding hydrogens is 427 g/mol. The average molecular weight is 454 g/mol. The molecule has 1 aliphatic rings. The molecule has 0 spiro atoms. The number of allylic oxidation sites excluding steroid dienone is 2. The van der Waals surface area contributed by atoms with Crippen molar-refractivity contribution in [3.63, 3.8) is 0 Å². The Hall–Kier alpha value is -2.19. The van der Waals surface area contributed by atoms with E-state index in [9.17, 15) is 18.0 Å². The molecule has 0 fully saturated rings. The number of fused-ring (bicyclic) bond motifs is 1. The van der Waals surface area contributed by atoms with Crippen molar-refractivity contribution in [1.29, 1.82) is 0 Å². The van der Waals surface area contributed by atoms with Gasteiger partial charge in [0.15, 0.2) is 0 Å². The molecule has 2 atom stereocenters. The minimum atomic E-state index is -4.75. The summed E-state index contributed by atoms with van der Waals surface area (Å²) in [5, 5.41) is 0.634. The van der Waals surface area contributed by atoms with E-state index in [1.165, 1.54) is 4.90 Å². The van der Waals surface area contributed by atoms with Crippen molar-refractivity contribution in [2.24, 2.45) is 0 Å². The Morgan fingerprint density at radius 3 is 2.68 bits per heavy atom.